The first-order chi connectivity index (χ1) is 16.9. The summed E-state index contributed by atoms with van der Waals surface area (Å²) in [7, 11) is 1.23. The minimum Gasteiger partial charge on any atom is -0.467 e. The molecule has 1 fully saturated rings. The number of benzene rings is 1. The van der Waals surface area contributed by atoms with Gasteiger partial charge in [-0.3, -0.25) is 9.59 Å². The van der Waals surface area contributed by atoms with E-state index >= 15 is 0 Å². The molecular formula is C23H34N2O10. The monoisotopic (exact) mass is 498 g/mol. The van der Waals surface area contributed by atoms with Crippen molar-refractivity contribution in [1.82, 2.24) is 5.32 Å². The number of rotatable bonds is 14. The van der Waals surface area contributed by atoms with Gasteiger partial charge in [0.2, 0.25) is 6.29 Å². The van der Waals surface area contributed by atoms with Gasteiger partial charge in [0.15, 0.2) is 6.10 Å². The Labute approximate surface area is 203 Å². The number of hydrogen-bond acceptors (Lipinski definition) is 11. The Balaban J connectivity index is 2.03. The number of methoxy groups -OCH3 is 1. The second-order valence-electron chi connectivity index (χ2n) is 7.66. The lowest BCUT2D eigenvalue weighted by atomic mass is 10.0. The van der Waals surface area contributed by atoms with E-state index in [1.807, 2.05) is 0 Å². The number of nitrogens with two attached hydrogens (primary N) is 1. The Kier molecular flexibility index (Phi) is 12.4. The maximum Gasteiger partial charge on any atom is 0.335 e. The maximum atomic E-state index is 12.8. The fourth-order valence-electron chi connectivity index (χ4n) is 3.37. The molecule has 1 aliphatic heterocycles. The summed E-state index contributed by atoms with van der Waals surface area (Å²) in [5.41, 5.74) is 6.00. The van der Waals surface area contributed by atoms with E-state index in [1.165, 1.54) is 26.2 Å². The lowest BCUT2D eigenvalue weighted by Gasteiger charge is -2.33. The molecule has 1 aliphatic rings. The average molecular weight is 499 g/mol. The Morgan fingerprint density at radius 2 is 1.89 bits per heavy atom. The van der Waals surface area contributed by atoms with Gasteiger partial charge < -0.3 is 44.6 Å². The molecule has 12 heteroatoms. The zero-order valence-electron chi connectivity index (χ0n) is 20.0. The number of ether oxygens (including phenoxy) is 6. The van der Waals surface area contributed by atoms with Crippen molar-refractivity contribution in [3.63, 3.8) is 0 Å². The van der Waals surface area contributed by atoms with Crippen LogP contribution in [0.25, 0.3) is 0 Å². The molecule has 0 bridgehead atoms. The number of hydrogen-bond donors (Lipinski definition) is 3. The summed E-state index contributed by atoms with van der Waals surface area (Å²) >= 11 is 0. The fraction of sp³-hybridized carbons (Fsp3) is 0.609. The predicted molar refractivity (Wildman–Crippen MR) is 121 cm³/mol. The van der Waals surface area contributed by atoms with Crippen LogP contribution in [0.3, 0.4) is 0 Å². The molecule has 0 aliphatic carbocycles. The summed E-state index contributed by atoms with van der Waals surface area (Å²) < 4.78 is 32.2. The summed E-state index contributed by atoms with van der Waals surface area (Å²) in [6.45, 7) is 3.17. The van der Waals surface area contributed by atoms with Crippen molar-refractivity contribution in [2.75, 3.05) is 46.6 Å². The van der Waals surface area contributed by atoms with Crippen molar-refractivity contribution in [1.29, 1.82) is 0 Å². The summed E-state index contributed by atoms with van der Waals surface area (Å²) in [6, 6.07) is 4.62. The third kappa shape index (κ3) is 9.78. The Hall–Kier alpha value is -2.77. The first-order valence-electron chi connectivity index (χ1n) is 11.3. The molecule has 1 aromatic rings. The maximum absolute atomic E-state index is 12.8. The van der Waals surface area contributed by atoms with Crippen LogP contribution < -0.4 is 15.8 Å². The van der Waals surface area contributed by atoms with E-state index in [2.05, 4.69) is 5.32 Å². The zero-order valence-corrected chi connectivity index (χ0v) is 20.0. The van der Waals surface area contributed by atoms with Crippen LogP contribution in [0, 0.1) is 0 Å². The minimum absolute atomic E-state index is 0.125. The van der Waals surface area contributed by atoms with Gasteiger partial charge in [-0.05, 0) is 17.7 Å². The molecule has 0 saturated carbocycles. The topological polar surface area (TPSA) is 165 Å². The van der Waals surface area contributed by atoms with Crippen LogP contribution in [-0.4, -0.2) is 88.1 Å². The molecule has 1 saturated heterocycles. The minimum atomic E-state index is -0.997. The van der Waals surface area contributed by atoms with Crippen LogP contribution >= 0.6 is 0 Å². The van der Waals surface area contributed by atoms with Crippen LogP contribution in [-0.2, 0) is 39.9 Å². The van der Waals surface area contributed by atoms with E-state index in [9.17, 15) is 19.5 Å². The Morgan fingerprint density at radius 1 is 1.14 bits per heavy atom. The molecule has 4 N–H and O–H groups in total. The average Bonchev–Trinajstić information content (AvgIpc) is 2.84. The number of aliphatic hydroxyl groups excluding tert-OH is 1. The van der Waals surface area contributed by atoms with Gasteiger partial charge in [-0.25, -0.2) is 4.79 Å². The third-order valence-electron chi connectivity index (χ3n) is 4.94. The molecule has 3 atom stereocenters. The predicted octanol–water partition coefficient (Wildman–Crippen LogP) is -0.111. The van der Waals surface area contributed by atoms with Crippen LogP contribution in [0.4, 0.5) is 0 Å². The molecule has 0 spiro atoms. The normalized spacial score (nSPS) is 19.6. The lowest BCUT2D eigenvalue weighted by Crippen LogP contribution is -2.44. The Morgan fingerprint density at radius 3 is 2.54 bits per heavy atom. The van der Waals surface area contributed by atoms with Gasteiger partial charge in [0.25, 0.3) is 5.91 Å². The highest BCUT2D eigenvalue weighted by Gasteiger charge is 2.37. The molecule has 1 heterocycles. The van der Waals surface area contributed by atoms with E-state index in [1.54, 1.807) is 6.07 Å². The molecule has 1 aromatic carbocycles. The van der Waals surface area contributed by atoms with Gasteiger partial charge in [-0.1, -0.05) is 6.07 Å². The molecule has 35 heavy (non-hydrogen) atoms. The van der Waals surface area contributed by atoms with Crippen molar-refractivity contribution in [2.45, 2.75) is 44.9 Å². The van der Waals surface area contributed by atoms with Gasteiger partial charge in [0, 0.05) is 32.9 Å². The molecule has 196 valence electrons. The third-order valence-corrected chi connectivity index (χ3v) is 4.94. The van der Waals surface area contributed by atoms with Crippen LogP contribution in [0.2, 0.25) is 0 Å². The standard InChI is InChI=1S/C23H34N2O10/c1-15(27)33-17-12-20(23(29)30-2)35-21(13-17)34-19-4-3-16(14-26)11-18(19)22(28)25-6-8-32-10-9-31-7-5-24/h3-4,11,17,20-21,26H,5-10,12-14,24H2,1-2H3,(H,25,28). The number of carbonyl (C=O) groups excluding carboxylic acids is 3. The summed E-state index contributed by atoms with van der Waals surface area (Å²) in [6.07, 6.45) is -2.34. The van der Waals surface area contributed by atoms with Gasteiger partial charge in [-0.15, -0.1) is 0 Å². The van der Waals surface area contributed by atoms with Crippen LogP contribution in [0.5, 0.6) is 5.75 Å². The number of amides is 1. The number of aliphatic hydroxyl groups is 1. The summed E-state index contributed by atoms with van der Waals surface area (Å²) in [5.74, 6) is -1.40. The van der Waals surface area contributed by atoms with Crippen molar-refractivity contribution in [3.05, 3.63) is 29.3 Å². The molecule has 2 rings (SSSR count). The number of carbonyl (C=O) groups is 3. The first-order valence-corrected chi connectivity index (χ1v) is 11.3. The van der Waals surface area contributed by atoms with E-state index in [-0.39, 0.29) is 43.9 Å². The van der Waals surface area contributed by atoms with E-state index in [0.29, 0.717) is 31.9 Å². The van der Waals surface area contributed by atoms with Crippen LogP contribution in [0.1, 0.15) is 35.7 Å². The summed E-state index contributed by atoms with van der Waals surface area (Å²) in [5, 5.41) is 12.2. The molecule has 3 unspecified atom stereocenters. The molecule has 12 nitrogen and oxygen atoms in total. The SMILES string of the molecule is COC(=O)C1CC(OC(C)=O)CC(Oc2ccc(CO)cc2C(=O)NCCOCCOCCN)O1. The van der Waals surface area contributed by atoms with Crippen LogP contribution in [0.15, 0.2) is 18.2 Å². The second kappa shape index (κ2) is 15.3. The Bertz CT molecular complexity index is 835. The quantitative estimate of drug-likeness (QED) is 0.231. The van der Waals surface area contributed by atoms with Gasteiger partial charge in [-0.2, -0.15) is 0 Å². The second-order valence-corrected chi connectivity index (χ2v) is 7.66. The van der Waals surface area contributed by atoms with E-state index in [4.69, 9.17) is 34.2 Å². The van der Waals surface area contributed by atoms with Gasteiger partial charge >= 0.3 is 11.9 Å². The van der Waals surface area contributed by atoms with Gasteiger partial charge in [0.05, 0.1) is 45.7 Å². The number of nitrogens with one attached hydrogen (secondary N) is 1. The highest BCUT2D eigenvalue weighted by Crippen LogP contribution is 2.28. The molecule has 0 aromatic heterocycles. The van der Waals surface area contributed by atoms with Crippen molar-refractivity contribution in [2.24, 2.45) is 5.73 Å². The molecule has 0 radical (unpaired) electrons. The van der Waals surface area contributed by atoms with Crippen molar-refractivity contribution in [3.8, 4) is 5.75 Å². The highest BCUT2D eigenvalue weighted by molar-refractivity contribution is 5.97. The van der Waals surface area contributed by atoms with Crippen molar-refractivity contribution >= 4 is 17.8 Å². The fourth-order valence-corrected chi connectivity index (χ4v) is 3.37. The molecule has 1 amide bonds. The van der Waals surface area contributed by atoms with E-state index < -0.39 is 36.3 Å². The summed E-state index contributed by atoms with van der Waals surface area (Å²) in [4.78, 5) is 36.3. The van der Waals surface area contributed by atoms with Gasteiger partial charge in [0.1, 0.15) is 11.9 Å². The zero-order chi connectivity index (χ0) is 25.6. The largest absolute Gasteiger partial charge is 0.467 e. The van der Waals surface area contributed by atoms with Crippen molar-refractivity contribution < 1.29 is 47.9 Å². The number of esters is 2. The highest BCUT2D eigenvalue weighted by atomic mass is 16.7. The smallest absolute Gasteiger partial charge is 0.335 e. The van der Waals surface area contributed by atoms with E-state index in [0.717, 1.165) is 0 Å². The molecular weight excluding hydrogens is 464 g/mol. The first kappa shape index (κ1) is 28.5. The lowest BCUT2D eigenvalue weighted by molar-refractivity contribution is -0.204.